The number of para-hydroxylation sites is 1. The van der Waals surface area contributed by atoms with Crippen LogP contribution in [0.2, 0.25) is 0 Å². The number of nitrogens with zero attached hydrogens (tertiary/aromatic N) is 2. The van der Waals surface area contributed by atoms with Gasteiger partial charge < -0.3 is 19.1 Å². The van der Waals surface area contributed by atoms with E-state index in [0.29, 0.717) is 0 Å². The molecule has 0 amide bonds. The second kappa shape index (κ2) is 12.1. The summed E-state index contributed by atoms with van der Waals surface area (Å²) in [5.74, 6) is 2.66. The molecule has 5 aromatic rings. The van der Waals surface area contributed by atoms with Crippen LogP contribution in [-0.4, -0.2) is 32.2 Å². The first-order valence-corrected chi connectivity index (χ1v) is 16.3. The number of aliphatic imine (C=N–C) groups is 1. The van der Waals surface area contributed by atoms with Crippen molar-refractivity contribution in [1.82, 2.24) is 0 Å². The Morgan fingerprint density at radius 2 is 1.47 bits per heavy atom. The van der Waals surface area contributed by atoms with Crippen molar-refractivity contribution in [1.29, 1.82) is 0 Å². The van der Waals surface area contributed by atoms with Gasteiger partial charge in [0.05, 0.1) is 25.3 Å². The van der Waals surface area contributed by atoms with Crippen LogP contribution in [0, 0.1) is 0 Å². The maximum atomic E-state index is 7.19. The van der Waals surface area contributed by atoms with E-state index in [9.17, 15) is 0 Å². The largest absolute Gasteiger partial charge is 0.497 e. The molecule has 2 aliphatic heterocycles. The second-order valence-electron chi connectivity index (χ2n) is 12.8. The summed E-state index contributed by atoms with van der Waals surface area (Å²) in [6.45, 7) is 6.29. The molecule has 1 unspecified atom stereocenters. The van der Waals surface area contributed by atoms with E-state index < -0.39 is 5.72 Å². The minimum absolute atomic E-state index is 0.373. The zero-order valence-electron chi connectivity index (χ0n) is 26.6. The van der Waals surface area contributed by atoms with E-state index in [-0.39, 0.29) is 5.41 Å². The van der Waals surface area contributed by atoms with Gasteiger partial charge in [0, 0.05) is 17.6 Å². The Labute approximate surface area is 266 Å². The Hall–Kier alpha value is -4.51. The third-order valence-corrected chi connectivity index (χ3v) is 9.70. The third kappa shape index (κ3) is 5.18. The summed E-state index contributed by atoms with van der Waals surface area (Å²) >= 11 is 0. The van der Waals surface area contributed by atoms with Crippen molar-refractivity contribution in [2.24, 2.45) is 4.99 Å². The molecule has 0 fully saturated rings. The Kier molecular flexibility index (Phi) is 7.87. The molecule has 0 N–H and O–H groups in total. The average Bonchev–Trinajstić information content (AvgIpc) is 3.25. The Morgan fingerprint density at radius 3 is 2.31 bits per heavy atom. The fraction of sp³-hybridized carbons (Fsp3) is 0.325. The minimum Gasteiger partial charge on any atom is -0.497 e. The van der Waals surface area contributed by atoms with Gasteiger partial charge >= 0.3 is 0 Å². The van der Waals surface area contributed by atoms with E-state index in [1.165, 1.54) is 53.1 Å². The number of benzene rings is 5. The van der Waals surface area contributed by atoms with Crippen LogP contribution >= 0.6 is 0 Å². The van der Waals surface area contributed by atoms with Crippen LogP contribution < -0.4 is 19.1 Å². The van der Waals surface area contributed by atoms with Crippen molar-refractivity contribution in [2.45, 2.75) is 63.5 Å². The number of hydrogen-bond donors (Lipinski definition) is 0. The van der Waals surface area contributed by atoms with Crippen molar-refractivity contribution in [3.8, 4) is 17.2 Å². The van der Waals surface area contributed by atoms with Gasteiger partial charge in [-0.2, -0.15) is 0 Å². The summed E-state index contributed by atoms with van der Waals surface area (Å²) in [7, 11) is 1.72. The zero-order chi connectivity index (χ0) is 30.9. The van der Waals surface area contributed by atoms with E-state index >= 15 is 0 Å². The molecular formula is C40H42N2O3. The van der Waals surface area contributed by atoms with Gasteiger partial charge in [-0.1, -0.05) is 86.3 Å². The maximum absolute atomic E-state index is 7.19. The highest BCUT2D eigenvalue weighted by Gasteiger charge is 2.60. The Morgan fingerprint density at radius 1 is 0.711 bits per heavy atom. The van der Waals surface area contributed by atoms with Crippen molar-refractivity contribution >= 4 is 39.1 Å². The van der Waals surface area contributed by atoms with Gasteiger partial charge in [0.25, 0.3) is 0 Å². The smallest absolute Gasteiger partial charge is 0.228 e. The molecule has 5 nitrogen and oxygen atoms in total. The number of ether oxygens (including phenoxy) is 3. The maximum Gasteiger partial charge on any atom is 0.228 e. The van der Waals surface area contributed by atoms with Crippen LogP contribution in [0.5, 0.6) is 17.2 Å². The first-order valence-electron chi connectivity index (χ1n) is 16.3. The zero-order valence-corrected chi connectivity index (χ0v) is 26.6. The lowest BCUT2D eigenvalue weighted by Gasteiger charge is -2.46. The molecule has 0 bridgehead atoms. The van der Waals surface area contributed by atoms with Gasteiger partial charge in [0.15, 0.2) is 0 Å². The van der Waals surface area contributed by atoms with Crippen molar-refractivity contribution in [3.05, 3.63) is 103 Å². The van der Waals surface area contributed by atoms with Gasteiger partial charge in [-0.3, -0.25) is 4.99 Å². The quantitative estimate of drug-likeness (QED) is 0.142. The van der Waals surface area contributed by atoms with E-state index in [1.807, 2.05) is 30.3 Å². The van der Waals surface area contributed by atoms with E-state index in [4.69, 9.17) is 19.2 Å². The lowest BCUT2D eigenvalue weighted by molar-refractivity contribution is 0.0779. The summed E-state index contributed by atoms with van der Waals surface area (Å²) in [5.41, 5.74) is 2.33. The Balaban J connectivity index is 1.12. The lowest BCUT2D eigenvalue weighted by atomic mass is 9.75. The molecule has 7 rings (SSSR count). The summed E-state index contributed by atoms with van der Waals surface area (Å²) in [4.78, 5) is 7.66. The molecule has 230 valence electrons. The number of methoxy groups -OCH3 is 1. The molecule has 0 saturated carbocycles. The molecule has 0 aromatic heterocycles. The van der Waals surface area contributed by atoms with E-state index in [2.05, 4.69) is 91.7 Å². The number of anilines is 1. The molecule has 5 aromatic carbocycles. The summed E-state index contributed by atoms with van der Waals surface area (Å²) in [5, 5.41) is 4.70. The number of hydrogen-bond acceptors (Lipinski definition) is 5. The normalized spacial score (nSPS) is 17.8. The van der Waals surface area contributed by atoms with Crippen molar-refractivity contribution < 1.29 is 14.2 Å². The molecule has 45 heavy (non-hydrogen) atoms. The fourth-order valence-electron chi connectivity index (χ4n) is 7.28. The van der Waals surface area contributed by atoms with Crippen molar-refractivity contribution in [2.75, 3.05) is 25.2 Å². The molecule has 0 saturated heterocycles. The van der Waals surface area contributed by atoms with Gasteiger partial charge in [-0.05, 0) is 84.8 Å². The minimum atomic E-state index is -0.742. The highest BCUT2D eigenvalue weighted by atomic mass is 16.5. The van der Waals surface area contributed by atoms with Crippen LogP contribution in [-0.2, 0) is 5.41 Å². The van der Waals surface area contributed by atoms with E-state index in [1.54, 1.807) is 7.11 Å². The van der Waals surface area contributed by atoms with Gasteiger partial charge in [0.2, 0.25) is 5.72 Å². The third-order valence-electron chi connectivity index (χ3n) is 9.70. The number of unbranched alkanes of at least 4 members (excludes halogenated alkanes) is 5. The first-order chi connectivity index (χ1) is 22.0. The molecule has 5 heteroatoms. The highest BCUT2D eigenvalue weighted by Crippen LogP contribution is 2.56. The number of rotatable bonds is 11. The van der Waals surface area contributed by atoms with E-state index in [0.717, 1.165) is 54.3 Å². The summed E-state index contributed by atoms with van der Waals surface area (Å²) < 4.78 is 18.6. The van der Waals surface area contributed by atoms with Crippen LogP contribution in [0.25, 0.3) is 21.5 Å². The first kappa shape index (κ1) is 29.2. The second-order valence-corrected chi connectivity index (χ2v) is 12.8. The van der Waals surface area contributed by atoms with Gasteiger partial charge in [-0.15, -0.1) is 0 Å². The van der Waals surface area contributed by atoms with Gasteiger partial charge in [-0.25, -0.2) is 0 Å². The lowest BCUT2D eigenvalue weighted by Crippen LogP contribution is -2.62. The standard InChI is InChI=1S/C40H42N2O3/c1-39(2)37-33-22-21-32(43-3)27-30(33)19-23-35(37)42(25-13-6-4-5-7-14-26-44-31-16-9-8-10-17-31)40(39)28-41-38-34-18-12-11-15-29(34)20-24-36(38)45-40/h8-12,15-24,27-28H,4-7,13-14,25-26H2,1-3H3. The van der Waals surface area contributed by atoms with Crippen molar-refractivity contribution in [3.63, 3.8) is 0 Å². The molecule has 2 aliphatic rings. The molecule has 0 radical (unpaired) electrons. The molecule has 1 atom stereocenters. The average molecular weight is 599 g/mol. The highest BCUT2D eigenvalue weighted by molar-refractivity contribution is 6.02. The number of fused-ring (bicyclic) bond motifs is 6. The molecule has 0 aliphatic carbocycles. The molecule has 1 spiro atoms. The van der Waals surface area contributed by atoms with Crippen LogP contribution in [0.1, 0.15) is 57.9 Å². The monoisotopic (exact) mass is 598 g/mol. The predicted octanol–water partition coefficient (Wildman–Crippen LogP) is 10.0. The SMILES string of the molecule is COc1ccc2c3c(ccc2c1)N(CCCCCCCCOc1ccccc1)C1(C=Nc2c(ccc4ccccc24)O1)C3(C)C. The topological polar surface area (TPSA) is 43.3 Å². The van der Waals surface area contributed by atoms with Gasteiger partial charge in [0.1, 0.15) is 22.9 Å². The summed E-state index contributed by atoms with van der Waals surface area (Å²) in [6.07, 6.45) is 9.04. The van der Waals surface area contributed by atoms with Crippen LogP contribution in [0.4, 0.5) is 11.4 Å². The fourth-order valence-corrected chi connectivity index (χ4v) is 7.28. The molecular weight excluding hydrogens is 556 g/mol. The molecule has 2 heterocycles. The van der Waals surface area contributed by atoms with Crippen LogP contribution in [0.3, 0.4) is 0 Å². The van der Waals surface area contributed by atoms with Crippen LogP contribution in [0.15, 0.2) is 102 Å². The predicted molar refractivity (Wildman–Crippen MR) is 186 cm³/mol. The summed E-state index contributed by atoms with van der Waals surface area (Å²) in [6, 6.07) is 33.6. The Bertz CT molecular complexity index is 1850.